The van der Waals surface area contributed by atoms with Gasteiger partial charge < -0.3 is 8.83 Å². The Kier molecular flexibility index (Phi) is 4.83. The van der Waals surface area contributed by atoms with E-state index < -0.39 is 0 Å². The average molecular weight is 328 g/mol. The molecule has 0 aliphatic heterocycles. The second kappa shape index (κ2) is 7.20. The third-order valence-electron chi connectivity index (χ3n) is 3.32. The first kappa shape index (κ1) is 15.4. The summed E-state index contributed by atoms with van der Waals surface area (Å²) in [7, 11) is 0. The number of rotatable bonds is 7. The van der Waals surface area contributed by atoms with Crippen LogP contribution >= 0.6 is 11.8 Å². The summed E-state index contributed by atoms with van der Waals surface area (Å²) in [6, 6.07) is 9.63. The van der Waals surface area contributed by atoms with Crippen molar-refractivity contribution in [2.24, 2.45) is 0 Å². The molecule has 118 valence electrons. The van der Waals surface area contributed by atoms with Crippen LogP contribution in [0.2, 0.25) is 0 Å². The minimum atomic E-state index is 0.277. The van der Waals surface area contributed by atoms with Crippen molar-refractivity contribution < 1.29 is 8.83 Å². The highest BCUT2D eigenvalue weighted by Gasteiger charge is 2.19. The monoisotopic (exact) mass is 328 g/mol. The highest BCUT2D eigenvalue weighted by Crippen LogP contribution is 2.29. The third-order valence-corrected chi connectivity index (χ3v) is 4.47. The van der Waals surface area contributed by atoms with Crippen molar-refractivity contribution in [2.75, 3.05) is 0 Å². The average Bonchev–Trinajstić information content (AvgIpc) is 3.28. The second-order valence-corrected chi connectivity index (χ2v) is 6.48. The highest BCUT2D eigenvalue weighted by molar-refractivity contribution is 7.99. The summed E-state index contributed by atoms with van der Waals surface area (Å²) >= 11 is 1.61. The molecular weight excluding hydrogens is 312 g/mol. The van der Waals surface area contributed by atoms with Gasteiger partial charge in [0.15, 0.2) is 10.9 Å². The lowest BCUT2D eigenvalue weighted by molar-refractivity contribution is 0.482. The number of hydrogen-bond donors (Lipinski definition) is 0. The normalized spacial score (nSPS) is 12.2. The topological polar surface area (TPSA) is 80.8 Å². The molecule has 0 N–H and O–H groups in total. The Labute approximate surface area is 138 Å². The largest absolute Gasteiger partial charge is 0.467 e. The first-order chi connectivity index (χ1) is 11.3. The van der Waals surface area contributed by atoms with Crippen LogP contribution in [0.3, 0.4) is 0 Å². The Hall–Kier alpha value is -2.46. The molecule has 0 aliphatic rings. The molecule has 3 aromatic heterocycles. The number of hydrogen-bond acceptors (Lipinski definition) is 6. The maximum absolute atomic E-state index is 8.72. The molecule has 7 heteroatoms. The molecule has 6 nitrogen and oxygen atoms in total. The standard InChI is InChI=1S/C16H16N4O2S/c1-12(5-2-8-17)23-16-19-18-15(14-7-4-10-22-14)20(16)11-13-6-3-9-21-13/h3-4,6-7,9-10,12H,2,5,11H2,1H3. The molecule has 0 saturated carbocycles. The van der Waals surface area contributed by atoms with Gasteiger partial charge >= 0.3 is 0 Å². The summed E-state index contributed by atoms with van der Waals surface area (Å²) in [6.07, 6.45) is 4.61. The summed E-state index contributed by atoms with van der Waals surface area (Å²) in [5.74, 6) is 2.16. The van der Waals surface area contributed by atoms with Gasteiger partial charge in [0.05, 0.1) is 25.1 Å². The Morgan fingerprint density at radius 3 is 2.78 bits per heavy atom. The Balaban J connectivity index is 1.88. The van der Waals surface area contributed by atoms with Gasteiger partial charge in [-0.2, -0.15) is 5.26 Å². The summed E-state index contributed by atoms with van der Waals surface area (Å²) in [4.78, 5) is 0. The molecule has 0 spiro atoms. The minimum absolute atomic E-state index is 0.277. The smallest absolute Gasteiger partial charge is 0.200 e. The quantitative estimate of drug-likeness (QED) is 0.611. The van der Waals surface area contributed by atoms with Crippen LogP contribution in [0.15, 0.2) is 50.8 Å². The van der Waals surface area contributed by atoms with Gasteiger partial charge in [-0.05, 0) is 30.7 Å². The molecule has 0 fully saturated rings. The molecular formula is C16H16N4O2S. The predicted molar refractivity (Wildman–Crippen MR) is 85.7 cm³/mol. The maximum atomic E-state index is 8.72. The van der Waals surface area contributed by atoms with Crippen molar-refractivity contribution >= 4 is 11.8 Å². The SMILES string of the molecule is CC(CCC#N)Sc1nnc(-c2ccco2)n1Cc1ccco1. The molecule has 0 aromatic carbocycles. The van der Waals surface area contributed by atoms with Gasteiger partial charge in [0.2, 0.25) is 5.82 Å². The molecule has 0 aliphatic carbocycles. The van der Waals surface area contributed by atoms with E-state index in [-0.39, 0.29) is 5.25 Å². The fourth-order valence-corrected chi connectivity index (χ4v) is 3.13. The van der Waals surface area contributed by atoms with E-state index in [1.54, 1.807) is 24.3 Å². The zero-order chi connectivity index (χ0) is 16.1. The van der Waals surface area contributed by atoms with Crippen LogP contribution in [-0.4, -0.2) is 20.0 Å². The lowest BCUT2D eigenvalue weighted by atomic mass is 10.3. The summed E-state index contributed by atoms with van der Waals surface area (Å²) < 4.78 is 12.9. The summed E-state index contributed by atoms with van der Waals surface area (Å²) in [5.41, 5.74) is 0. The van der Waals surface area contributed by atoms with Crippen molar-refractivity contribution in [3.63, 3.8) is 0 Å². The van der Waals surface area contributed by atoms with Crippen LogP contribution in [-0.2, 0) is 6.54 Å². The number of furan rings is 2. The van der Waals surface area contributed by atoms with Gasteiger partial charge in [-0.1, -0.05) is 18.7 Å². The second-order valence-electron chi connectivity index (χ2n) is 5.07. The van der Waals surface area contributed by atoms with Gasteiger partial charge in [-0.3, -0.25) is 4.57 Å². The van der Waals surface area contributed by atoms with E-state index in [0.29, 0.717) is 24.6 Å². The van der Waals surface area contributed by atoms with Gasteiger partial charge in [-0.25, -0.2) is 0 Å². The zero-order valence-electron chi connectivity index (χ0n) is 12.7. The van der Waals surface area contributed by atoms with E-state index in [4.69, 9.17) is 14.1 Å². The van der Waals surface area contributed by atoms with Crippen LogP contribution in [0.25, 0.3) is 11.6 Å². The molecule has 0 radical (unpaired) electrons. The lowest BCUT2D eigenvalue weighted by Crippen LogP contribution is -2.05. The molecule has 0 bridgehead atoms. The van der Waals surface area contributed by atoms with E-state index in [1.807, 2.05) is 28.8 Å². The molecule has 3 heterocycles. The molecule has 0 saturated heterocycles. The van der Waals surface area contributed by atoms with Crippen LogP contribution in [0.1, 0.15) is 25.5 Å². The fraction of sp³-hybridized carbons (Fsp3) is 0.312. The van der Waals surface area contributed by atoms with E-state index in [0.717, 1.165) is 17.3 Å². The molecule has 0 amide bonds. The first-order valence-electron chi connectivity index (χ1n) is 7.31. The van der Waals surface area contributed by atoms with E-state index >= 15 is 0 Å². The van der Waals surface area contributed by atoms with Crippen molar-refractivity contribution in [2.45, 2.75) is 36.7 Å². The molecule has 3 rings (SSSR count). The Bertz CT molecular complexity index is 772. The first-order valence-corrected chi connectivity index (χ1v) is 8.19. The summed E-state index contributed by atoms with van der Waals surface area (Å²) in [6.45, 7) is 2.61. The Morgan fingerprint density at radius 2 is 2.09 bits per heavy atom. The van der Waals surface area contributed by atoms with Gasteiger partial charge in [0, 0.05) is 11.7 Å². The van der Waals surface area contributed by atoms with E-state index in [1.165, 1.54) is 0 Å². The highest BCUT2D eigenvalue weighted by atomic mass is 32.2. The van der Waals surface area contributed by atoms with Crippen LogP contribution in [0.4, 0.5) is 0 Å². The van der Waals surface area contributed by atoms with Crippen molar-refractivity contribution in [3.8, 4) is 17.7 Å². The number of nitrogens with zero attached hydrogens (tertiary/aromatic N) is 4. The lowest BCUT2D eigenvalue weighted by Gasteiger charge is -2.11. The third kappa shape index (κ3) is 3.66. The molecule has 1 unspecified atom stereocenters. The molecule has 1 atom stereocenters. The number of nitriles is 1. The van der Waals surface area contributed by atoms with Crippen LogP contribution in [0.5, 0.6) is 0 Å². The maximum Gasteiger partial charge on any atom is 0.200 e. The van der Waals surface area contributed by atoms with Crippen molar-refractivity contribution in [1.29, 1.82) is 5.26 Å². The fourth-order valence-electron chi connectivity index (χ4n) is 2.17. The predicted octanol–water partition coefficient (Wildman–Crippen LogP) is 3.96. The number of thioether (sulfide) groups is 1. The van der Waals surface area contributed by atoms with Gasteiger partial charge in [-0.15, -0.1) is 10.2 Å². The Morgan fingerprint density at radius 1 is 1.26 bits per heavy atom. The van der Waals surface area contributed by atoms with E-state index in [2.05, 4.69) is 23.2 Å². The zero-order valence-corrected chi connectivity index (χ0v) is 13.5. The van der Waals surface area contributed by atoms with Crippen LogP contribution < -0.4 is 0 Å². The molecule has 23 heavy (non-hydrogen) atoms. The summed E-state index contributed by atoms with van der Waals surface area (Å²) in [5, 5.41) is 18.3. The number of aromatic nitrogens is 3. The minimum Gasteiger partial charge on any atom is -0.467 e. The molecule has 3 aromatic rings. The van der Waals surface area contributed by atoms with Crippen molar-refractivity contribution in [3.05, 3.63) is 42.6 Å². The van der Waals surface area contributed by atoms with Gasteiger partial charge in [0.25, 0.3) is 0 Å². The van der Waals surface area contributed by atoms with Gasteiger partial charge in [0.1, 0.15) is 5.76 Å². The van der Waals surface area contributed by atoms with Crippen LogP contribution in [0, 0.1) is 11.3 Å². The van der Waals surface area contributed by atoms with E-state index in [9.17, 15) is 0 Å². The van der Waals surface area contributed by atoms with Crippen molar-refractivity contribution in [1.82, 2.24) is 14.8 Å².